The van der Waals surface area contributed by atoms with E-state index < -0.39 is 0 Å². The average Bonchev–Trinajstić information content (AvgIpc) is 3.05. The largest absolute Gasteiger partial charge is 0.329 e. The Morgan fingerprint density at radius 3 is 1.67 bits per heavy atom. The van der Waals surface area contributed by atoms with Crippen LogP contribution in [-0.4, -0.2) is 32.6 Å². The molecule has 2 aliphatic rings. The van der Waals surface area contributed by atoms with Crippen LogP contribution in [0.2, 0.25) is 0 Å². The zero-order chi connectivity index (χ0) is 16.6. The lowest BCUT2D eigenvalue weighted by Crippen LogP contribution is -2.49. The van der Waals surface area contributed by atoms with E-state index in [-0.39, 0.29) is 6.03 Å². The lowest BCUT2D eigenvalue weighted by atomic mass is 9.91. The molecular formula is C20H33N3O. The van der Waals surface area contributed by atoms with Crippen LogP contribution in [0.1, 0.15) is 89.9 Å². The van der Waals surface area contributed by atoms with E-state index in [0.29, 0.717) is 12.1 Å². The molecule has 1 aromatic rings. The molecule has 0 bridgehead atoms. The summed E-state index contributed by atoms with van der Waals surface area (Å²) in [6.07, 6.45) is 23.0. The van der Waals surface area contributed by atoms with E-state index in [0.717, 1.165) is 0 Å². The molecular weight excluding hydrogens is 298 g/mol. The maximum Gasteiger partial charge on any atom is 0.329 e. The van der Waals surface area contributed by atoms with E-state index >= 15 is 0 Å². The second-order valence-corrected chi connectivity index (χ2v) is 7.66. The first kappa shape index (κ1) is 17.5. The fourth-order valence-electron chi connectivity index (χ4n) is 4.54. The second kappa shape index (κ2) is 9.24. The van der Waals surface area contributed by atoms with Crippen molar-refractivity contribution in [3.05, 3.63) is 18.7 Å². The summed E-state index contributed by atoms with van der Waals surface area (Å²) in [4.78, 5) is 19.6. The second-order valence-electron chi connectivity index (χ2n) is 7.66. The van der Waals surface area contributed by atoms with Crippen LogP contribution in [0, 0.1) is 0 Å². The van der Waals surface area contributed by atoms with Gasteiger partial charge >= 0.3 is 6.03 Å². The van der Waals surface area contributed by atoms with Crippen molar-refractivity contribution in [2.45, 2.75) is 102 Å². The first-order chi connectivity index (χ1) is 11.9. The third-order valence-corrected chi connectivity index (χ3v) is 5.88. The summed E-state index contributed by atoms with van der Waals surface area (Å²) in [6.45, 7) is 0. The molecule has 1 amide bonds. The highest BCUT2D eigenvalue weighted by Crippen LogP contribution is 2.29. The van der Waals surface area contributed by atoms with Crippen LogP contribution in [0.5, 0.6) is 0 Å². The van der Waals surface area contributed by atoms with Crippen molar-refractivity contribution in [1.29, 1.82) is 0 Å². The Hall–Kier alpha value is -1.32. The minimum absolute atomic E-state index is 0.156. The van der Waals surface area contributed by atoms with Crippen LogP contribution in [0.4, 0.5) is 4.79 Å². The fraction of sp³-hybridized carbons (Fsp3) is 0.800. The molecule has 134 valence electrons. The Labute approximate surface area is 146 Å². The zero-order valence-corrected chi connectivity index (χ0v) is 15.0. The molecule has 0 unspecified atom stereocenters. The Bertz CT molecular complexity index is 447. The van der Waals surface area contributed by atoms with Crippen LogP contribution >= 0.6 is 0 Å². The quantitative estimate of drug-likeness (QED) is 0.730. The van der Waals surface area contributed by atoms with Crippen LogP contribution < -0.4 is 0 Å². The van der Waals surface area contributed by atoms with Crippen molar-refractivity contribution in [2.24, 2.45) is 0 Å². The van der Waals surface area contributed by atoms with Crippen molar-refractivity contribution in [3.8, 4) is 0 Å². The molecule has 1 heterocycles. The molecule has 4 heteroatoms. The summed E-state index contributed by atoms with van der Waals surface area (Å²) in [5, 5.41) is 0. The molecule has 0 aliphatic heterocycles. The molecule has 2 fully saturated rings. The van der Waals surface area contributed by atoms with Gasteiger partial charge in [0.2, 0.25) is 0 Å². The van der Waals surface area contributed by atoms with Crippen molar-refractivity contribution in [2.75, 3.05) is 0 Å². The molecule has 0 N–H and O–H groups in total. The normalized spacial score (nSPS) is 22.2. The molecule has 0 aromatic carbocycles. The van der Waals surface area contributed by atoms with Gasteiger partial charge < -0.3 is 4.90 Å². The number of rotatable bonds is 2. The van der Waals surface area contributed by atoms with Crippen molar-refractivity contribution in [3.63, 3.8) is 0 Å². The molecule has 1 aromatic heterocycles. The smallest absolute Gasteiger partial charge is 0.318 e. The van der Waals surface area contributed by atoms with Gasteiger partial charge in [0.25, 0.3) is 0 Å². The van der Waals surface area contributed by atoms with E-state index in [4.69, 9.17) is 0 Å². The molecule has 0 spiro atoms. The minimum atomic E-state index is 0.156. The molecule has 0 saturated heterocycles. The van der Waals surface area contributed by atoms with E-state index in [1.165, 1.54) is 89.9 Å². The third-order valence-electron chi connectivity index (χ3n) is 5.88. The topological polar surface area (TPSA) is 38.1 Å². The van der Waals surface area contributed by atoms with Gasteiger partial charge in [-0.25, -0.2) is 9.78 Å². The maximum absolute atomic E-state index is 13.2. The minimum Gasteiger partial charge on any atom is -0.318 e. The number of imidazole rings is 1. The number of carbonyl (C=O) groups is 1. The zero-order valence-electron chi connectivity index (χ0n) is 15.0. The molecule has 4 nitrogen and oxygen atoms in total. The van der Waals surface area contributed by atoms with E-state index in [1.807, 2.05) is 0 Å². The molecule has 24 heavy (non-hydrogen) atoms. The highest BCUT2D eigenvalue weighted by molar-refractivity contribution is 5.77. The van der Waals surface area contributed by atoms with Crippen LogP contribution in [0.15, 0.2) is 18.7 Å². The molecule has 2 aliphatic carbocycles. The number of hydrogen-bond acceptors (Lipinski definition) is 2. The molecule has 3 rings (SSSR count). The number of nitrogens with zero attached hydrogens (tertiary/aromatic N) is 3. The van der Waals surface area contributed by atoms with Gasteiger partial charge in [-0.15, -0.1) is 0 Å². The van der Waals surface area contributed by atoms with Gasteiger partial charge in [0, 0.05) is 24.5 Å². The van der Waals surface area contributed by atoms with Gasteiger partial charge in [-0.2, -0.15) is 0 Å². The first-order valence-electron chi connectivity index (χ1n) is 10.2. The van der Waals surface area contributed by atoms with Gasteiger partial charge in [-0.05, 0) is 25.7 Å². The third kappa shape index (κ3) is 4.61. The lowest BCUT2D eigenvalue weighted by molar-refractivity contribution is 0.115. The Morgan fingerprint density at radius 2 is 1.25 bits per heavy atom. The Morgan fingerprint density at radius 1 is 0.792 bits per heavy atom. The predicted molar refractivity (Wildman–Crippen MR) is 97.1 cm³/mol. The standard InChI is InChI=1S/C20H33N3O/c24-20(22-16-15-21-17-22)23(18-11-7-3-1-4-8-12-18)19-13-9-5-2-6-10-14-19/h15-19H,1-14H2. The van der Waals surface area contributed by atoms with E-state index in [1.54, 1.807) is 23.3 Å². The highest BCUT2D eigenvalue weighted by atomic mass is 16.2. The Kier molecular flexibility index (Phi) is 6.74. The summed E-state index contributed by atoms with van der Waals surface area (Å²) in [6, 6.07) is 0.998. The average molecular weight is 332 g/mol. The van der Waals surface area contributed by atoms with Gasteiger partial charge in [-0.1, -0.05) is 64.2 Å². The van der Waals surface area contributed by atoms with Gasteiger partial charge in [0.15, 0.2) is 0 Å². The van der Waals surface area contributed by atoms with Gasteiger partial charge in [-0.3, -0.25) is 4.57 Å². The van der Waals surface area contributed by atoms with Crippen LogP contribution in [0.25, 0.3) is 0 Å². The van der Waals surface area contributed by atoms with Crippen LogP contribution in [-0.2, 0) is 0 Å². The fourth-order valence-corrected chi connectivity index (χ4v) is 4.54. The lowest BCUT2D eigenvalue weighted by Gasteiger charge is -2.40. The molecule has 0 atom stereocenters. The highest BCUT2D eigenvalue weighted by Gasteiger charge is 2.31. The molecule has 2 saturated carbocycles. The number of aromatic nitrogens is 2. The summed E-state index contributed by atoms with van der Waals surface area (Å²) in [7, 11) is 0. The van der Waals surface area contributed by atoms with E-state index in [2.05, 4.69) is 9.88 Å². The van der Waals surface area contributed by atoms with Crippen LogP contribution in [0.3, 0.4) is 0 Å². The summed E-state index contributed by atoms with van der Waals surface area (Å²) >= 11 is 0. The predicted octanol–water partition coefficient (Wildman–Crippen LogP) is 5.38. The summed E-state index contributed by atoms with van der Waals surface area (Å²) in [5.74, 6) is 0. The van der Waals surface area contributed by atoms with Crippen molar-refractivity contribution in [1.82, 2.24) is 14.5 Å². The SMILES string of the molecule is O=C(N(C1CCCCCCC1)C1CCCCCCC1)n1ccnc1. The first-order valence-corrected chi connectivity index (χ1v) is 10.2. The number of amides is 1. The maximum atomic E-state index is 13.2. The van der Waals surface area contributed by atoms with E-state index in [9.17, 15) is 4.79 Å². The summed E-state index contributed by atoms with van der Waals surface area (Å²) in [5.41, 5.74) is 0. The number of hydrogen-bond donors (Lipinski definition) is 0. The van der Waals surface area contributed by atoms with Gasteiger partial charge in [0.1, 0.15) is 6.33 Å². The molecule has 0 radical (unpaired) electrons. The number of carbonyl (C=O) groups excluding carboxylic acids is 1. The summed E-state index contributed by atoms with van der Waals surface area (Å²) < 4.78 is 1.69. The van der Waals surface area contributed by atoms with Crippen molar-refractivity contribution >= 4 is 6.03 Å². The van der Waals surface area contributed by atoms with Gasteiger partial charge in [0.05, 0.1) is 0 Å². The monoisotopic (exact) mass is 331 g/mol. The Balaban J connectivity index is 1.79. The van der Waals surface area contributed by atoms with Crippen molar-refractivity contribution < 1.29 is 4.79 Å².